The second kappa shape index (κ2) is 7.24. The van der Waals surface area contributed by atoms with E-state index < -0.39 is 0 Å². The minimum Gasteiger partial charge on any atom is -0.389 e. The number of hydrogen-bond acceptors (Lipinski definition) is 3. The molecule has 110 valence electrons. The largest absolute Gasteiger partial charge is 0.389 e. The third-order valence-electron chi connectivity index (χ3n) is 3.29. The number of nitrogens with zero attached hydrogens (tertiary/aromatic N) is 2. The van der Waals surface area contributed by atoms with E-state index in [1.807, 2.05) is 25.1 Å². The lowest BCUT2D eigenvalue weighted by Gasteiger charge is -2.20. The summed E-state index contributed by atoms with van der Waals surface area (Å²) >= 11 is 4.85. The van der Waals surface area contributed by atoms with Crippen LogP contribution in [-0.2, 0) is 13.1 Å². The van der Waals surface area contributed by atoms with E-state index in [4.69, 9.17) is 18.0 Å². The molecule has 0 saturated carbocycles. The van der Waals surface area contributed by atoms with Gasteiger partial charge in [-0.15, -0.1) is 0 Å². The lowest BCUT2D eigenvalue weighted by Crippen LogP contribution is -2.23. The molecule has 0 radical (unpaired) electrons. The van der Waals surface area contributed by atoms with E-state index in [1.165, 1.54) is 6.07 Å². The van der Waals surface area contributed by atoms with Crippen molar-refractivity contribution in [1.82, 2.24) is 9.88 Å². The van der Waals surface area contributed by atoms with Crippen molar-refractivity contribution in [2.24, 2.45) is 5.73 Å². The Hall–Kier alpha value is -1.85. The van der Waals surface area contributed by atoms with E-state index in [1.54, 1.807) is 18.3 Å². The first-order valence-corrected chi connectivity index (χ1v) is 7.21. The molecule has 0 aliphatic carbocycles. The molecule has 0 fully saturated rings. The minimum atomic E-state index is -0.278. The van der Waals surface area contributed by atoms with Crippen LogP contribution in [0.2, 0.25) is 0 Å². The van der Waals surface area contributed by atoms with Gasteiger partial charge in [0.2, 0.25) is 0 Å². The van der Waals surface area contributed by atoms with Crippen LogP contribution in [0.25, 0.3) is 0 Å². The predicted octanol–water partition coefficient (Wildman–Crippen LogP) is 2.88. The monoisotopic (exact) mass is 303 g/mol. The number of aromatic nitrogens is 1. The molecular formula is C16H18FN3S. The fourth-order valence-electron chi connectivity index (χ4n) is 2.07. The molecule has 0 aliphatic rings. The van der Waals surface area contributed by atoms with Gasteiger partial charge < -0.3 is 5.73 Å². The molecule has 0 atom stereocenters. The zero-order valence-corrected chi connectivity index (χ0v) is 12.7. The highest BCUT2D eigenvalue weighted by molar-refractivity contribution is 7.80. The number of nitrogens with two attached hydrogens (primary N) is 1. The van der Waals surface area contributed by atoms with Crippen LogP contribution in [0.5, 0.6) is 0 Å². The molecule has 0 bridgehead atoms. The molecular weight excluding hydrogens is 285 g/mol. The van der Waals surface area contributed by atoms with E-state index in [2.05, 4.69) is 9.88 Å². The molecule has 2 N–H and O–H groups in total. The van der Waals surface area contributed by atoms with Crippen molar-refractivity contribution < 1.29 is 4.39 Å². The van der Waals surface area contributed by atoms with Gasteiger partial charge in [-0.25, -0.2) is 4.39 Å². The Labute approximate surface area is 129 Å². The van der Waals surface area contributed by atoms with Gasteiger partial charge in [-0.05, 0) is 24.7 Å². The second-order valence-corrected chi connectivity index (χ2v) is 5.23. The molecule has 1 aromatic carbocycles. The molecule has 1 aromatic heterocycles. The lowest BCUT2D eigenvalue weighted by atomic mass is 10.1. The van der Waals surface area contributed by atoms with Gasteiger partial charge in [-0.2, -0.15) is 0 Å². The van der Waals surface area contributed by atoms with Crippen molar-refractivity contribution in [2.75, 3.05) is 6.54 Å². The van der Waals surface area contributed by atoms with Gasteiger partial charge in [0, 0.05) is 30.4 Å². The summed E-state index contributed by atoms with van der Waals surface area (Å²) in [6.45, 7) is 4.07. The van der Waals surface area contributed by atoms with Crippen LogP contribution in [0.1, 0.15) is 23.7 Å². The predicted molar refractivity (Wildman–Crippen MR) is 86.3 cm³/mol. The summed E-state index contributed by atoms with van der Waals surface area (Å²) in [4.78, 5) is 6.63. The van der Waals surface area contributed by atoms with E-state index >= 15 is 0 Å². The Morgan fingerprint density at radius 3 is 2.67 bits per heavy atom. The average molecular weight is 303 g/mol. The van der Waals surface area contributed by atoms with Crippen molar-refractivity contribution in [1.29, 1.82) is 0 Å². The number of pyridine rings is 1. The molecule has 2 aromatic rings. The van der Waals surface area contributed by atoms with Gasteiger partial charge in [0.15, 0.2) is 0 Å². The van der Waals surface area contributed by atoms with Crippen molar-refractivity contribution in [2.45, 2.75) is 20.0 Å². The molecule has 2 rings (SSSR count). The molecule has 3 nitrogen and oxygen atoms in total. The van der Waals surface area contributed by atoms with Crippen molar-refractivity contribution >= 4 is 17.2 Å². The second-order valence-electron chi connectivity index (χ2n) is 4.79. The number of rotatable bonds is 6. The molecule has 5 heteroatoms. The Morgan fingerprint density at radius 1 is 1.29 bits per heavy atom. The quantitative estimate of drug-likeness (QED) is 0.833. The van der Waals surface area contributed by atoms with Crippen LogP contribution < -0.4 is 5.73 Å². The highest BCUT2D eigenvalue weighted by Gasteiger charge is 2.10. The molecule has 0 unspecified atom stereocenters. The van der Waals surface area contributed by atoms with Crippen molar-refractivity contribution in [3.05, 3.63) is 65.2 Å². The normalized spacial score (nSPS) is 10.8. The van der Waals surface area contributed by atoms with Crippen LogP contribution in [0.3, 0.4) is 0 Å². The maximum Gasteiger partial charge on any atom is 0.128 e. The van der Waals surface area contributed by atoms with Gasteiger partial charge in [-0.3, -0.25) is 9.88 Å². The first-order chi connectivity index (χ1) is 10.1. The van der Waals surface area contributed by atoms with Gasteiger partial charge in [0.1, 0.15) is 10.8 Å². The number of benzene rings is 1. The van der Waals surface area contributed by atoms with E-state index in [9.17, 15) is 4.39 Å². The highest BCUT2D eigenvalue weighted by Crippen LogP contribution is 2.14. The molecule has 0 amide bonds. The fourth-order valence-corrected chi connectivity index (χ4v) is 2.20. The maximum atomic E-state index is 14.1. The van der Waals surface area contributed by atoms with Crippen molar-refractivity contribution in [3.63, 3.8) is 0 Å². The van der Waals surface area contributed by atoms with Crippen LogP contribution in [0, 0.1) is 5.82 Å². The minimum absolute atomic E-state index is 0.210. The van der Waals surface area contributed by atoms with Gasteiger partial charge >= 0.3 is 0 Å². The zero-order chi connectivity index (χ0) is 15.2. The number of hydrogen-bond donors (Lipinski definition) is 1. The van der Waals surface area contributed by atoms with Crippen LogP contribution in [-0.4, -0.2) is 21.4 Å². The number of thiocarbonyl (C=S) groups is 1. The smallest absolute Gasteiger partial charge is 0.128 e. The Bertz CT molecular complexity index is 616. The number of halogens is 1. The SMILES string of the molecule is CCN(Cc1ccccn1)Cc1ccc(C(N)=S)cc1F. The average Bonchev–Trinajstić information content (AvgIpc) is 2.49. The van der Waals surface area contributed by atoms with Crippen LogP contribution >= 0.6 is 12.2 Å². The standard InChI is InChI=1S/C16H18FN3S/c1-2-20(11-14-5-3-4-8-19-14)10-13-7-6-12(16(18)21)9-15(13)17/h3-9H,2,10-11H2,1H3,(H2,18,21). The molecule has 0 spiro atoms. The van der Waals surface area contributed by atoms with E-state index in [0.29, 0.717) is 24.2 Å². The summed E-state index contributed by atoms with van der Waals surface area (Å²) in [5.74, 6) is -0.278. The van der Waals surface area contributed by atoms with Crippen molar-refractivity contribution in [3.8, 4) is 0 Å². The van der Waals surface area contributed by atoms with Crippen LogP contribution in [0.4, 0.5) is 4.39 Å². The molecule has 1 heterocycles. The Balaban J connectivity index is 2.10. The summed E-state index contributed by atoms with van der Waals surface area (Å²) in [5, 5.41) is 0. The van der Waals surface area contributed by atoms with E-state index in [-0.39, 0.29) is 10.8 Å². The third kappa shape index (κ3) is 4.31. The third-order valence-corrected chi connectivity index (χ3v) is 3.53. The molecule has 21 heavy (non-hydrogen) atoms. The summed E-state index contributed by atoms with van der Waals surface area (Å²) in [5.41, 5.74) is 7.67. The summed E-state index contributed by atoms with van der Waals surface area (Å²) in [6, 6.07) is 10.7. The first kappa shape index (κ1) is 15.5. The summed E-state index contributed by atoms with van der Waals surface area (Å²) in [6.07, 6.45) is 1.76. The Kier molecular flexibility index (Phi) is 5.36. The molecule has 0 aliphatic heterocycles. The maximum absolute atomic E-state index is 14.1. The van der Waals surface area contributed by atoms with E-state index in [0.717, 1.165) is 12.2 Å². The van der Waals surface area contributed by atoms with Gasteiger partial charge in [-0.1, -0.05) is 37.3 Å². The summed E-state index contributed by atoms with van der Waals surface area (Å²) in [7, 11) is 0. The van der Waals surface area contributed by atoms with Crippen LogP contribution in [0.15, 0.2) is 42.6 Å². The lowest BCUT2D eigenvalue weighted by molar-refractivity contribution is 0.264. The highest BCUT2D eigenvalue weighted by atomic mass is 32.1. The van der Waals surface area contributed by atoms with Gasteiger partial charge in [0.25, 0.3) is 0 Å². The Morgan fingerprint density at radius 2 is 2.10 bits per heavy atom. The first-order valence-electron chi connectivity index (χ1n) is 6.80. The molecule has 0 saturated heterocycles. The zero-order valence-electron chi connectivity index (χ0n) is 11.9. The summed E-state index contributed by atoms with van der Waals surface area (Å²) < 4.78 is 14.1. The van der Waals surface area contributed by atoms with Gasteiger partial charge in [0.05, 0.1) is 5.69 Å². The fraction of sp³-hybridized carbons (Fsp3) is 0.250. The topological polar surface area (TPSA) is 42.2 Å².